The number of hydrogen-bond acceptors (Lipinski definition) is 4. The zero-order chi connectivity index (χ0) is 19.0. The van der Waals surface area contributed by atoms with Gasteiger partial charge in [0.2, 0.25) is 0 Å². The highest BCUT2D eigenvalue weighted by molar-refractivity contribution is 6.04. The number of aromatic hydroxyl groups is 1. The second-order valence-electron chi connectivity index (χ2n) is 6.42. The van der Waals surface area contributed by atoms with Gasteiger partial charge in [-0.3, -0.25) is 4.79 Å². The van der Waals surface area contributed by atoms with E-state index in [9.17, 15) is 9.90 Å². The maximum absolute atomic E-state index is 12.6. The van der Waals surface area contributed by atoms with Gasteiger partial charge in [-0.2, -0.15) is 5.10 Å². The Balaban J connectivity index is 1.70. The van der Waals surface area contributed by atoms with E-state index in [0.717, 1.165) is 22.5 Å². The van der Waals surface area contributed by atoms with Gasteiger partial charge in [0.15, 0.2) is 11.3 Å². The number of nitrogens with zero attached hydrogens (tertiary/aromatic N) is 3. The largest absolute Gasteiger partial charge is 0.506 e. The molecule has 134 valence electrons. The summed E-state index contributed by atoms with van der Waals surface area (Å²) in [6, 6.07) is 18.5. The normalized spacial score (nSPS) is 10.9. The number of aromatic nitrogens is 3. The highest BCUT2D eigenvalue weighted by Crippen LogP contribution is 2.25. The molecule has 2 N–H and O–H groups in total. The average Bonchev–Trinajstić information content (AvgIpc) is 3.10. The molecular weight excluding hydrogens is 340 g/mol. The number of hydrogen-bond donors (Lipinski definition) is 2. The third kappa shape index (κ3) is 3.25. The van der Waals surface area contributed by atoms with Crippen LogP contribution in [0.15, 0.2) is 60.7 Å². The van der Waals surface area contributed by atoms with Gasteiger partial charge in [0.05, 0.1) is 11.4 Å². The summed E-state index contributed by atoms with van der Waals surface area (Å²) in [5.74, 6) is -0.388. The third-order valence-corrected chi connectivity index (χ3v) is 4.31. The van der Waals surface area contributed by atoms with Crippen molar-refractivity contribution >= 4 is 17.2 Å². The molecular formula is C21H18N4O2. The number of aryl methyl sites for hydroxylation is 2. The Labute approximate surface area is 156 Å². The van der Waals surface area contributed by atoms with Gasteiger partial charge in [-0.05, 0) is 37.6 Å². The minimum atomic E-state index is -0.401. The first-order chi connectivity index (χ1) is 13.0. The number of fused-ring (bicyclic) bond motifs is 1. The summed E-state index contributed by atoms with van der Waals surface area (Å²) in [5, 5.41) is 17.0. The van der Waals surface area contributed by atoms with E-state index in [2.05, 4.69) is 15.4 Å². The Morgan fingerprint density at radius 2 is 1.81 bits per heavy atom. The Bertz CT molecular complexity index is 1150. The predicted molar refractivity (Wildman–Crippen MR) is 104 cm³/mol. The summed E-state index contributed by atoms with van der Waals surface area (Å²) in [6.45, 7) is 3.81. The van der Waals surface area contributed by atoms with E-state index in [1.165, 1.54) is 0 Å². The first-order valence-electron chi connectivity index (χ1n) is 8.55. The van der Waals surface area contributed by atoms with Gasteiger partial charge in [0.25, 0.3) is 5.91 Å². The Kier molecular flexibility index (Phi) is 4.08. The highest BCUT2D eigenvalue weighted by atomic mass is 16.3. The average molecular weight is 358 g/mol. The van der Waals surface area contributed by atoms with Crippen LogP contribution in [0.5, 0.6) is 5.75 Å². The predicted octanol–water partition coefficient (Wildman–Crippen LogP) is 3.97. The van der Waals surface area contributed by atoms with Crippen LogP contribution in [0.2, 0.25) is 0 Å². The molecule has 1 amide bonds. The van der Waals surface area contributed by atoms with Crippen molar-refractivity contribution in [1.29, 1.82) is 0 Å². The van der Waals surface area contributed by atoms with E-state index >= 15 is 0 Å². The third-order valence-electron chi connectivity index (χ3n) is 4.31. The van der Waals surface area contributed by atoms with Gasteiger partial charge in [-0.1, -0.05) is 36.4 Å². The molecule has 0 unspecified atom stereocenters. The summed E-state index contributed by atoms with van der Waals surface area (Å²) >= 11 is 0. The molecule has 0 spiro atoms. The molecule has 6 nitrogen and oxygen atoms in total. The molecule has 27 heavy (non-hydrogen) atoms. The molecule has 0 aliphatic heterocycles. The van der Waals surface area contributed by atoms with Gasteiger partial charge < -0.3 is 10.4 Å². The quantitative estimate of drug-likeness (QED) is 0.543. The van der Waals surface area contributed by atoms with Crippen LogP contribution in [0, 0.1) is 13.8 Å². The lowest BCUT2D eigenvalue weighted by Gasteiger charge is -2.06. The fraction of sp³-hybridized carbons (Fsp3) is 0.0952. The van der Waals surface area contributed by atoms with E-state index in [0.29, 0.717) is 11.3 Å². The van der Waals surface area contributed by atoms with Gasteiger partial charge in [-0.25, -0.2) is 9.50 Å². The minimum absolute atomic E-state index is 0.0124. The van der Waals surface area contributed by atoms with Gasteiger partial charge in [0.1, 0.15) is 5.75 Å². The zero-order valence-electron chi connectivity index (χ0n) is 15.0. The molecule has 0 saturated carbocycles. The molecule has 2 aromatic carbocycles. The number of nitrogens with one attached hydrogen (secondary N) is 1. The van der Waals surface area contributed by atoms with E-state index < -0.39 is 5.91 Å². The molecule has 4 aromatic rings. The number of carbonyl (C=O) groups is 1. The van der Waals surface area contributed by atoms with Crippen molar-refractivity contribution in [2.24, 2.45) is 0 Å². The fourth-order valence-electron chi connectivity index (χ4n) is 2.93. The Hall–Kier alpha value is -3.67. The molecule has 4 rings (SSSR count). The lowest BCUT2D eigenvalue weighted by atomic mass is 10.1. The molecule has 0 radical (unpaired) electrons. The molecule has 0 fully saturated rings. The van der Waals surface area contributed by atoms with E-state index in [4.69, 9.17) is 0 Å². The monoisotopic (exact) mass is 358 g/mol. The molecule has 2 heterocycles. The lowest BCUT2D eigenvalue weighted by Crippen LogP contribution is -2.13. The SMILES string of the molecule is Cc1ccc(O)c(NC(=O)c2cc3nc(-c4ccccc4)cc(C)n3n2)c1. The first-order valence-corrected chi connectivity index (χ1v) is 8.55. The Morgan fingerprint density at radius 3 is 2.59 bits per heavy atom. The van der Waals surface area contributed by atoms with Crippen LogP contribution in [0.25, 0.3) is 16.9 Å². The van der Waals surface area contributed by atoms with E-state index in [1.54, 1.807) is 28.8 Å². The number of benzene rings is 2. The smallest absolute Gasteiger partial charge is 0.276 e. The Morgan fingerprint density at radius 1 is 1.04 bits per heavy atom. The highest BCUT2D eigenvalue weighted by Gasteiger charge is 2.15. The maximum atomic E-state index is 12.6. The first kappa shape index (κ1) is 16.8. The van der Waals surface area contributed by atoms with Crippen LogP contribution in [0.3, 0.4) is 0 Å². The summed E-state index contributed by atoms with van der Waals surface area (Å²) in [4.78, 5) is 17.2. The van der Waals surface area contributed by atoms with E-state index in [-0.39, 0.29) is 11.4 Å². The second kappa shape index (κ2) is 6.57. The van der Waals surface area contributed by atoms with Crippen LogP contribution < -0.4 is 5.32 Å². The topological polar surface area (TPSA) is 79.5 Å². The van der Waals surface area contributed by atoms with Crippen LogP contribution in [-0.4, -0.2) is 25.6 Å². The van der Waals surface area contributed by atoms with Gasteiger partial charge in [-0.15, -0.1) is 0 Å². The standard InChI is InChI=1S/C21H18N4O2/c1-13-8-9-19(26)17(10-13)23-21(27)18-12-20-22-16(11-14(2)25(20)24-18)15-6-4-3-5-7-15/h3-12,26H,1-2H3,(H,23,27). The number of amides is 1. The van der Waals surface area contributed by atoms with Crippen LogP contribution in [-0.2, 0) is 0 Å². The number of carbonyl (C=O) groups excluding carboxylic acids is 1. The van der Waals surface area contributed by atoms with Crippen LogP contribution >= 0.6 is 0 Å². The van der Waals surface area contributed by atoms with Crippen molar-refractivity contribution in [1.82, 2.24) is 14.6 Å². The maximum Gasteiger partial charge on any atom is 0.276 e. The number of anilines is 1. The summed E-state index contributed by atoms with van der Waals surface area (Å²) < 4.78 is 1.64. The van der Waals surface area contributed by atoms with Crippen LogP contribution in [0.1, 0.15) is 21.7 Å². The van der Waals surface area contributed by atoms with Crippen molar-refractivity contribution in [2.75, 3.05) is 5.32 Å². The summed E-state index contributed by atoms with van der Waals surface area (Å²) in [5.41, 5.74) is 4.80. The van der Waals surface area contributed by atoms with E-state index in [1.807, 2.05) is 50.2 Å². The van der Waals surface area contributed by atoms with Crippen molar-refractivity contribution in [3.63, 3.8) is 0 Å². The molecule has 0 aliphatic rings. The molecule has 0 aliphatic carbocycles. The van der Waals surface area contributed by atoms with Crippen molar-refractivity contribution in [2.45, 2.75) is 13.8 Å². The van der Waals surface area contributed by atoms with Crippen LogP contribution in [0.4, 0.5) is 5.69 Å². The van der Waals surface area contributed by atoms with Gasteiger partial charge >= 0.3 is 0 Å². The number of phenolic OH excluding ortho intramolecular Hbond substituents is 1. The summed E-state index contributed by atoms with van der Waals surface area (Å²) in [6.07, 6.45) is 0. The molecule has 0 atom stereocenters. The molecule has 6 heteroatoms. The molecule has 2 aromatic heterocycles. The van der Waals surface area contributed by atoms with Crippen molar-refractivity contribution in [3.05, 3.63) is 77.6 Å². The second-order valence-corrected chi connectivity index (χ2v) is 6.42. The van der Waals surface area contributed by atoms with Crippen molar-refractivity contribution < 1.29 is 9.90 Å². The lowest BCUT2D eigenvalue weighted by molar-refractivity contribution is 0.102. The van der Waals surface area contributed by atoms with Crippen molar-refractivity contribution in [3.8, 4) is 17.0 Å². The fourth-order valence-corrected chi connectivity index (χ4v) is 2.93. The molecule has 0 saturated heterocycles. The van der Waals surface area contributed by atoms with Gasteiger partial charge in [0, 0.05) is 17.3 Å². The summed E-state index contributed by atoms with van der Waals surface area (Å²) in [7, 11) is 0. The molecule has 0 bridgehead atoms. The number of rotatable bonds is 3. The number of phenols is 1. The zero-order valence-corrected chi connectivity index (χ0v) is 15.0. The minimum Gasteiger partial charge on any atom is -0.506 e.